The number of carboxylic acid groups (broad SMARTS) is 2. The molecule has 2 unspecified atom stereocenters. The van der Waals surface area contributed by atoms with Crippen molar-refractivity contribution in [3.63, 3.8) is 0 Å². The molecule has 0 fully saturated rings. The zero-order chi connectivity index (χ0) is 19.1. The average molecular weight is 358 g/mol. The number of carbonyl (C=O) groups is 2. The summed E-state index contributed by atoms with van der Waals surface area (Å²) in [5.41, 5.74) is 1.20. The Morgan fingerprint density at radius 2 is 1.59 bits per heavy atom. The van der Waals surface area contributed by atoms with E-state index < -0.39 is 17.9 Å². The molecular formula is C23H18O4. The second-order valence-corrected chi connectivity index (χ2v) is 6.86. The number of hydrogen-bond acceptors (Lipinski definition) is 2. The SMILES string of the molecule is CC1C=c2ccccc2=C(c2c(C(=O)O)ccc3ccccc23)C1C(=O)O. The van der Waals surface area contributed by atoms with Gasteiger partial charge in [-0.1, -0.05) is 67.6 Å². The minimum Gasteiger partial charge on any atom is -0.481 e. The fraction of sp³-hybridized carbons (Fsp3) is 0.130. The van der Waals surface area contributed by atoms with Crippen molar-refractivity contribution in [3.8, 4) is 0 Å². The molecule has 3 aromatic carbocycles. The normalized spacial score (nSPS) is 18.6. The summed E-state index contributed by atoms with van der Waals surface area (Å²) >= 11 is 0. The molecule has 0 bridgehead atoms. The largest absolute Gasteiger partial charge is 0.481 e. The first-order valence-corrected chi connectivity index (χ1v) is 8.78. The molecule has 1 aliphatic rings. The highest BCUT2D eigenvalue weighted by Crippen LogP contribution is 2.36. The number of aromatic carboxylic acids is 1. The topological polar surface area (TPSA) is 74.6 Å². The standard InChI is InChI=1S/C23H18O4/c1-13-12-15-7-3-5-9-17(15)21(19(13)23(26)27)20-16-8-4-2-6-14(16)10-11-18(20)22(24)25/h2-13,19H,1H3,(H,24,25)(H,26,27). The molecule has 3 aromatic rings. The van der Waals surface area contributed by atoms with Gasteiger partial charge in [-0.25, -0.2) is 4.79 Å². The van der Waals surface area contributed by atoms with E-state index in [-0.39, 0.29) is 11.5 Å². The monoisotopic (exact) mass is 358 g/mol. The van der Waals surface area contributed by atoms with Gasteiger partial charge in [0, 0.05) is 5.56 Å². The summed E-state index contributed by atoms with van der Waals surface area (Å²) < 4.78 is 0. The molecule has 0 amide bonds. The molecule has 4 rings (SSSR count). The van der Waals surface area contributed by atoms with E-state index in [1.807, 2.05) is 61.5 Å². The van der Waals surface area contributed by atoms with Crippen molar-refractivity contribution in [2.75, 3.05) is 0 Å². The van der Waals surface area contributed by atoms with Crippen molar-refractivity contribution in [1.82, 2.24) is 0 Å². The summed E-state index contributed by atoms with van der Waals surface area (Å²) in [7, 11) is 0. The molecule has 0 spiro atoms. The van der Waals surface area contributed by atoms with Gasteiger partial charge in [-0.05, 0) is 38.8 Å². The van der Waals surface area contributed by atoms with Gasteiger partial charge >= 0.3 is 11.9 Å². The zero-order valence-corrected chi connectivity index (χ0v) is 14.7. The van der Waals surface area contributed by atoms with E-state index in [1.165, 1.54) is 0 Å². The van der Waals surface area contributed by atoms with E-state index >= 15 is 0 Å². The van der Waals surface area contributed by atoms with Crippen LogP contribution in [-0.2, 0) is 4.79 Å². The van der Waals surface area contributed by atoms with E-state index in [2.05, 4.69) is 0 Å². The van der Waals surface area contributed by atoms with Crippen molar-refractivity contribution in [1.29, 1.82) is 0 Å². The van der Waals surface area contributed by atoms with Crippen LogP contribution >= 0.6 is 0 Å². The van der Waals surface area contributed by atoms with Gasteiger partial charge in [0.1, 0.15) is 0 Å². The molecular weight excluding hydrogens is 340 g/mol. The van der Waals surface area contributed by atoms with Crippen molar-refractivity contribution in [2.45, 2.75) is 6.92 Å². The second kappa shape index (κ2) is 6.40. The Kier molecular flexibility index (Phi) is 4.04. The van der Waals surface area contributed by atoms with E-state index in [0.29, 0.717) is 11.1 Å². The van der Waals surface area contributed by atoms with Crippen LogP contribution in [0.25, 0.3) is 22.4 Å². The lowest BCUT2D eigenvalue weighted by molar-refractivity contribution is -0.140. The molecule has 0 radical (unpaired) electrons. The first-order chi connectivity index (χ1) is 13.0. The minimum absolute atomic E-state index is 0.124. The Bertz CT molecular complexity index is 1210. The fourth-order valence-electron chi connectivity index (χ4n) is 4.08. The number of aliphatic carboxylic acids is 1. The van der Waals surface area contributed by atoms with Crippen molar-refractivity contribution in [3.05, 3.63) is 82.2 Å². The maximum Gasteiger partial charge on any atom is 0.336 e. The van der Waals surface area contributed by atoms with Gasteiger partial charge in [0.2, 0.25) is 0 Å². The van der Waals surface area contributed by atoms with Crippen molar-refractivity contribution < 1.29 is 19.8 Å². The average Bonchev–Trinajstić information content (AvgIpc) is 2.65. The van der Waals surface area contributed by atoms with E-state index in [0.717, 1.165) is 21.2 Å². The number of hydrogen-bond donors (Lipinski definition) is 2. The summed E-state index contributed by atoms with van der Waals surface area (Å²) in [5, 5.41) is 23.2. The predicted molar refractivity (Wildman–Crippen MR) is 104 cm³/mol. The van der Waals surface area contributed by atoms with Gasteiger partial charge in [0.15, 0.2) is 0 Å². The van der Waals surface area contributed by atoms with Crippen molar-refractivity contribution >= 4 is 34.4 Å². The van der Waals surface area contributed by atoms with Crippen LogP contribution in [0.4, 0.5) is 0 Å². The van der Waals surface area contributed by atoms with Crippen LogP contribution in [0.5, 0.6) is 0 Å². The van der Waals surface area contributed by atoms with Gasteiger partial charge < -0.3 is 10.2 Å². The molecule has 4 nitrogen and oxygen atoms in total. The van der Waals surface area contributed by atoms with Crippen LogP contribution in [-0.4, -0.2) is 22.2 Å². The predicted octanol–water partition coefficient (Wildman–Crippen LogP) is 2.87. The van der Waals surface area contributed by atoms with E-state index in [9.17, 15) is 19.8 Å². The molecule has 0 saturated heterocycles. The quantitative estimate of drug-likeness (QED) is 0.755. The molecule has 1 aliphatic carbocycles. The fourth-order valence-corrected chi connectivity index (χ4v) is 4.08. The third-order valence-corrected chi connectivity index (χ3v) is 5.23. The summed E-state index contributed by atoms with van der Waals surface area (Å²) in [6, 6.07) is 18.4. The number of fused-ring (bicyclic) bond motifs is 2. The second-order valence-electron chi connectivity index (χ2n) is 6.86. The molecule has 4 heteroatoms. The van der Waals surface area contributed by atoms with Crippen LogP contribution in [0.3, 0.4) is 0 Å². The van der Waals surface area contributed by atoms with Crippen molar-refractivity contribution in [2.24, 2.45) is 11.8 Å². The highest BCUT2D eigenvalue weighted by molar-refractivity contribution is 6.07. The number of benzene rings is 3. The Morgan fingerprint density at radius 3 is 2.33 bits per heavy atom. The Hall–Kier alpha value is -3.40. The molecule has 2 N–H and O–H groups in total. The van der Waals surface area contributed by atoms with Crippen LogP contribution in [0.15, 0.2) is 60.7 Å². The summed E-state index contributed by atoms with van der Waals surface area (Å²) in [6.45, 7) is 1.86. The lowest BCUT2D eigenvalue weighted by atomic mass is 9.76. The van der Waals surface area contributed by atoms with Gasteiger partial charge in [0.25, 0.3) is 0 Å². The van der Waals surface area contributed by atoms with Gasteiger partial charge in [-0.3, -0.25) is 4.79 Å². The molecule has 134 valence electrons. The Morgan fingerprint density at radius 1 is 0.889 bits per heavy atom. The van der Waals surface area contributed by atoms with Crippen LogP contribution < -0.4 is 10.4 Å². The summed E-state index contributed by atoms with van der Waals surface area (Å²) in [6.07, 6.45) is 1.95. The molecule has 0 aliphatic heterocycles. The number of carboxylic acids is 2. The molecule has 0 heterocycles. The van der Waals surface area contributed by atoms with Crippen LogP contribution in [0, 0.1) is 11.8 Å². The van der Waals surface area contributed by atoms with E-state index in [4.69, 9.17) is 0 Å². The molecule has 0 aromatic heterocycles. The van der Waals surface area contributed by atoms with E-state index in [1.54, 1.807) is 12.1 Å². The third kappa shape index (κ3) is 2.70. The molecule has 27 heavy (non-hydrogen) atoms. The Labute approximate surface area is 155 Å². The van der Waals surface area contributed by atoms with Crippen LogP contribution in [0.1, 0.15) is 22.8 Å². The lowest BCUT2D eigenvalue weighted by Gasteiger charge is -2.26. The molecule has 2 atom stereocenters. The highest BCUT2D eigenvalue weighted by atomic mass is 16.4. The molecule has 0 saturated carbocycles. The van der Waals surface area contributed by atoms with Gasteiger partial charge in [-0.15, -0.1) is 0 Å². The number of rotatable bonds is 3. The Balaban J connectivity index is 2.25. The first-order valence-electron chi connectivity index (χ1n) is 8.78. The van der Waals surface area contributed by atoms with Crippen LogP contribution in [0.2, 0.25) is 0 Å². The summed E-state index contributed by atoms with van der Waals surface area (Å²) in [5.74, 6) is -3.09. The highest BCUT2D eigenvalue weighted by Gasteiger charge is 2.34. The first kappa shape index (κ1) is 17.0. The maximum atomic E-state index is 12.2. The van der Waals surface area contributed by atoms with Gasteiger partial charge in [-0.2, -0.15) is 0 Å². The zero-order valence-electron chi connectivity index (χ0n) is 14.7. The third-order valence-electron chi connectivity index (χ3n) is 5.23. The summed E-state index contributed by atoms with van der Waals surface area (Å²) in [4.78, 5) is 24.2. The maximum absolute atomic E-state index is 12.2. The lowest BCUT2D eigenvalue weighted by Crippen LogP contribution is -2.39. The smallest absolute Gasteiger partial charge is 0.336 e. The van der Waals surface area contributed by atoms with Gasteiger partial charge in [0.05, 0.1) is 11.5 Å². The minimum atomic E-state index is -1.06.